The lowest BCUT2D eigenvalue weighted by atomic mass is 10.1. The first-order valence-corrected chi connectivity index (χ1v) is 13.2. The second-order valence-electron chi connectivity index (χ2n) is 8.63. The fourth-order valence-corrected chi connectivity index (χ4v) is 5.32. The number of esters is 1. The van der Waals surface area contributed by atoms with Crippen molar-refractivity contribution in [3.05, 3.63) is 42.0 Å². The van der Waals surface area contributed by atoms with Gasteiger partial charge in [0.25, 0.3) is 0 Å². The molecule has 174 valence electrons. The highest BCUT2D eigenvalue weighted by Crippen LogP contribution is 2.35. The molecule has 5 heteroatoms. The molecule has 1 aromatic rings. The molecule has 0 radical (unpaired) electrons. The molecule has 4 atom stereocenters. The number of aryl methyl sites for hydroxylation is 1. The van der Waals surface area contributed by atoms with Gasteiger partial charge in [0.15, 0.2) is 0 Å². The average molecular weight is 448 g/mol. The van der Waals surface area contributed by atoms with E-state index in [4.69, 9.17) is 4.74 Å². The Bertz CT molecular complexity index is 701. The Morgan fingerprint density at radius 3 is 2.06 bits per heavy atom. The highest BCUT2D eigenvalue weighted by Gasteiger charge is 2.55. The van der Waals surface area contributed by atoms with Crippen molar-refractivity contribution in [2.45, 2.75) is 108 Å². The Labute approximate surface area is 192 Å². The van der Waals surface area contributed by atoms with Crippen LogP contribution in [0.5, 0.6) is 0 Å². The largest absolute Gasteiger partial charge is 0.468 e. The van der Waals surface area contributed by atoms with E-state index in [-0.39, 0.29) is 12.0 Å². The minimum atomic E-state index is -1.35. The van der Waals surface area contributed by atoms with Crippen molar-refractivity contribution in [1.82, 2.24) is 4.31 Å². The summed E-state index contributed by atoms with van der Waals surface area (Å²) in [6, 6.07) is 7.04. The molecule has 0 aliphatic carbocycles. The maximum atomic E-state index is 12.9. The van der Waals surface area contributed by atoms with Crippen LogP contribution in [0.15, 0.2) is 41.3 Å². The maximum absolute atomic E-state index is 12.9. The van der Waals surface area contributed by atoms with Gasteiger partial charge in [0, 0.05) is 0 Å². The van der Waals surface area contributed by atoms with E-state index in [2.05, 4.69) is 13.0 Å². The first-order chi connectivity index (χ1) is 15.1. The van der Waals surface area contributed by atoms with Crippen molar-refractivity contribution >= 4 is 17.0 Å². The summed E-state index contributed by atoms with van der Waals surface area (Å²) in [5, 5.41) is 0. The third kappa shape index (κ3) is 8.89. The van der Waals surface area contributed by atoms with E-state index in [0.29, 0.717) is 0 Å². The van der Waals surface area contributed by atoms with E-state index in [1.165, 1.54) is 77.7 Å². The van der Waals surface area contributed by atoms with E-state index >= 15 is 0 Å². The van der Waals surface area contributed by atoms with Crippen LogP contribution in [0.1, 0.15) is 89.5 Å². The highest BCUT2D eigenvalue weighted by atomic mass is 32.2. The Morgan fingerprint density at radius 1 is 0.968 bits per heavy atom. The standard InChI is InChI=1S/C26H41NO3S/c1-4-5-6-7-8-9-10-11-12-13-14-15-16-17-24-25(26(28)30-3)27(24)31(29)23-20-18-22(2)19-21-23/h16-21,24-25H,4-15H2,1-3H3/b17-16+/t24-,25-,27?,31-/m1/s1. The molecular weight excluding hydrogens is 406 g/mol. The van der Waals surface area contributed by atoms with Crippen molar-refractivity contribution in [3.8, 4) is 0 Å². The second-order valence-corrected chi connectivity index (χ2v) is 10.0. The second kappa shape index (κ2) is 14.6. The molecule has 1 aliphatic heterocycles. The lowest BCUT2D eigenvalue weighted by Gasteiger charge is -2.04. The summed E-state index contributed by atoms with van der Waals surface area (Å²) < 4.78 is 19.5. The van der Waals surface area contributed by atoms with Gasteiger partial charge in [0.05, 0.1) is 18.0 Å². The summed E-state index contributed by atoms with van der Waals surface area (Å²) in [7, 11) is 0.0384. The molecule has 0 saturated carbocycles. The van der Waals surface area contributed by atoms with Crippen LogP contribution in [-0.4, -0.2) is 33.7 Å². The average Bonchev–Trinajstić information content (AvgIpc) is 3.50. The number of rotatable bonds is 16. The number of hydrogen-bond donors (Lipinski definition) is 0. The molecule has 0 spiro atoms. The van der Waals surface area contributed by atoms with Crippen LogP contribution in [0.2, 0.25) is 0 Å². The number of ether oxygens (including phenoxy) is 1. The zero-order valence-electron chi connectivity index (χ0n) is 19.7. The summed E-state index contributed by atoms with van der Waals surface area (Å²) in [6.07, 6.45) is 19.9. The van der Waals surface area contributed by atoms with Crippen molar-refractivity contribution in [2.75, 3.05) is 7.11 Å². The van der Waals surface area contributed by atoms with E-state index in [1.54, 1.807) is 4.31 Å². The Balaban J connectivity index is 1.64. The smallest absolute Gasteiger partial charge is 0.326 e. The van der Waals surface area contributed by atoms with Crippen molar-refractivity contribution in [2.24, 2.45) is 0 Å². The van der Waals surface area contributed by atoms with Crippen LogP contribution in [0, 0.1) is 6.92 Å². The summed E-state index contributed by atoms with van der Waals surface area (Å²) in [4.78, 5) is 12.8. The minimum absolute atomic E-state index is 0.137. The predicted octanol–water partition coefficient (Wildman–Crippen LogP) is 6.50. The van der Waals surface area contributed by atoms with Gasteiger partial charge in [0.2, 0.25) is 0 Å². The molecule has 31 heavy (non-hydrogen) atoms. The minimum Gasteiger partial charge on any atom is -0.468 e. The zero-order chi connectivity index (χ0) is 22.5. The zero-order valence-corrected chi connectivity index (χ0v) is 20.5. The summed E-state index contributed by atoms with van der Waals surface area (Å²) >= 11 is 0. The maximum Gasteiger partial charge on any atom is 0.326 e. The van der Waals surface area contributed by atoms with E-state index in [0.717, 1.165) is 16.9 Å². The lowest BCUT2D eigenvalue weighted by molar-refractivity contribution is -0.140. The van der Waals surface area contributed by atoms with E-state index in [9.17, 15) is 9.00 Å². The topological polar surface area (TPSA) is 46.4 Å². The van der Waals surface area contributed by atoms with E-state index in [1.807, 2.05) is 37.3 Å². The van der Waals surface area contributed by atoms with Gasteiger partial charge in [-0.3, -0.25) is 4.79 Å². The number of carbonyl (C=O) groups is 1. The van der Waals surface area contributed by atoms with Gasteiger partial charge >= 0.3 is 5.97 Å². The van der Waals surface area contributed by atoms with Gasteiger partial charge in [-0.05, 0) is 31.9 Å². The van der Waals surface area contributed by atoms with Crippen LogP contribution in [0.4, 0.5) is 0 Å². The summed E-state index contributed by atoms with van der Waals surface area (Å²) in [5.41, 5.74) is 1.12. The SMILES string of the molecule is CCCCCCCCCCCCC/C=C/[C@@H]1[C@H](C(=O)OC)N1[S@](=O)c1ccc(C)cc1. The monoisotopic (exact) mass is 447 g/mol. The number of carbonyl (C=O) groups excluding carboxylic acids is 1. The molecule has 1 aromatic carbocycles. The summed E-state index contributed by atoms with van der Waals surface area (Å²) in [6.45, 7) is 4.27. The molecule has 4 nitrogen and oxygen atoms in total. The molecule has 0 aromatic heterocycles. The number of allylic oxidation sites excluding steroid dienone is 1. The Kier molecular flexibility index (Phi) is 12.1. The molecule has 0 N–H and O–H groups in total. The molecule has 0 amide bonds. The highest BCUT2D eigenvalue weighted by molar-refractivity contribution is 7.83. The molecular formula is C26H41NO3S. The number of unbranched alkanes of at least 4 members (excludes halogenated alkanes) is 11. The first-order valence-electron chi connectivity index (χ1n) is 12.1. The lowest BCUT2D eigenvalue weighted by Crippen LogP contribution is -2.16. The Morgan fingerprint density at radius 2 is 1.52 bits per heavy atom. The third-order valence-corrected chi connectivity index (χ3v) is 7.50. The van der Waals surface area contributed by atoms with Crippen LogP contribution in [-0.2, 0) is 20.5 Å². The van der Waals surface area contributed by atoms with Crippen molar-refractivity contribution < 1.29 is 13.7 Å². The van der Waals surface area contributed by atoms with Gasteiger partial charge in [-0.25, -0.2) is 4.21 Å². The normalized spacial score (nSPS) is 21.3. The molecule has 1 heterocycles. The molecule has 2 rings (SSSR count). The predicted molar refractivity (Wildman–Crippen MR) is 129 cm³/mol. The number of hydrogen-bond acceptors (Lipinski definition) is 3. The molecule has 1 aliphatic rings. The number of benzene rings is 1. The number of methoxy groups -OCH3 is 1. The third-order valence-electron chi connectivity index (χ3n) is 5.97. The fourth-order valence-electron chi connectivity index (χ4n) is 3.93. The fraction of sp³-hybridized carbons (Fsp3) is 0.654. The summed E-state index contributed by atoms with van der Waals surface area (Å²) in [5.74, 6) is -0.315. The van der Waals surface area contributed by atoms with Crippen LogP contribution in [0.3, 0.4) is 0 Å². The van der Waals surface area contributed by atoms with Crippen molar-refractivity contribution in [3.63, 3.8) is 0 Å². The first kappa shape index (κ1) is 25.8. The Hall–Kier alpha value is -1.46. The van der Waals surface area contributed by atoms with Crippen molar-refractivity contribution in [1.29, 1.82) is 0 Å². The van der Waals surface area contributed by atoms with Gasteiger partial charge in [0.1, 0.15) is 17.0 Å². The molecule has 1 unspecified atom stereocenters. The van der Waals surface area contributed by atoms with E-state index < -0.39 is 17.0 Å². The van der Waals surface area contributed by atoms with Crippen LogP contribution in [0.25, 0.3) is 0 Å². The van der Waals surface area contributed by atoms with Gasteiger partial charge in [-0.1, -0.05) is 101 Å². The molecule has 0 bridgehead atoms. The van der Waals surface area contributed by atoms with Crippen LogP contribution < -0.4 is 0 Å². The van der Waals surface area contributed by atoms with Gasteiger partial charge in [-0.2, -0.15) is 4.31 Å². The van der Waals surface area contributed by atoms with Crippen LogP contribution >= 0.6 is 0 Å². The number of nitrogens with zero attached hydrogens (tertiary/aromatic N) is 1. The quantitative estimate of drug-likeness (QED) is 0.126. The molecule has 1 saturated heterocycles. The van der Waals surface area contributed by atoms with Gasteiger partial charge < -0.3 is 4.74 Å². The molecule has 1 fully saturated rings. The van der Waals surface area contributed by atoms with Gasteiger partial charge in [-0.15, -0.1) is 0 Å².